The van der Waals surface area contributed by atoms with Gasteiger partial charge in [-0.25, -0.2) is 9.52 Å². The van der Waals surface area contributed by atoms with E-state index < -0.39 is 26.9 Å². The minimum absolute atomic E-state index is 0.108. The van der Waals surface area contributed by atoms with E-state index >= 15 is 0 Å². The predicted octanol–water partition coefficient (Wildman–Crippen LogP) is 1.36. The molecule has 23 heavy (non-hydrogen) atoms. The third kappa shape index (κ3) is 4.54. The van der Waals surface area contributed by atoms with E-state index in [-0.39, 0.29) is 18.6 Å². The van der Waals surface area contributed by atoms with E-state index in [1.165, 1.54) is 12.8 Å². The summed E-state index contributed by atoms with van der Waals surface area (Å²) in [5.74, 6) is -0.896. The van der Waals surface area contributed by atoms with E-state index in [1.807, 2.05) is 4.72 Å². The molecule has 0 aromatic carbocycles. The summed E-state index contributed by atoms with van der Waals surface area (Å²) in [5, 5.41) is 5.33. The van der Waals surface area contributed by atoms with Crippen LogP contribution in [0, 0.1) is 5.92 Å². The molecule has 1 aromatic rings. The number of aromatic amines is 1. The first kappa shape index (κ1) is 17.5. The van der Waals surface area contributed by atoms with Gasteiger partial charge in [-0.15, -0.1) is 0 Å². The number of sulfonamides is 1. The maximum atomic E-state index is 12.2. The van der Waals surface area contributed by atoms with Crippen molar-refractivity contribution in [1.29, 1.82) is 0 Å². The number of hydrogen-bond donors (Lipinski definition) is 2. The molecule has 8 nitrogen and oxygen atoms in total. The summed E-state index contributed by atoms with van der Waals surface area (Å²) in [4.78, 5) is 23.6. The standard InChI is InChI=1S/C14H21N3O5S/c1-2-22-14(19)11-9-15-16-13(11)23(20,21)17-12(18)8-7-10-5-3-4-6-10/h9-10H,2-8H2,1H3,(H,15,16)(H,17,18). The van der Waals surface area contributed by atoms with Gasteiger partial charge in [0.05, 0.1) is 12.8 Å². The molecule has 9 heteroatoms. The molecular weight excluding hydrogens is 322 g/mol. The van der Waals surface area contributed by atoms with Gasteiger partial charge in [-0.1, -0.05) is 25.7 Å². The zero-order chi connectivity index (χ0) is 16.9. The lowest BCUT2D eigenvalue weighted by Gasteiger charge is -2.09. The number of amides is 1. The first-order chi connectivity index (χ1) is 10.9. The highest BCUT2D eigenvalue weighted by Crippen LogP contribution is 2.28. The zero-order valence-corrected chi connectivity index (χ0v) is 13.8. The SMILES string of the molecule is CCOC(=O)c1cn[nH]c1S(=O)(=O)NC(=O)CCC1CCCC1. The van der Waals surface area contributed by atoms with Crippen LogP contribution in [0.4, 0.5) is 0 Å². The van der Waals surface area contributed by atoms with E-state index in [2.05, 4.69) is 10.2 Å². The largest absolute Gasteiger partial charge is 0.462 e. The molecule has 0 aliphatic heterocycles. The van der Waals surface area contributed by atoms with Gasteiger partial charge in [-0.3, -0.25) is 9.89 Å². The van der Waals surface area contributed by atoms with Crippen LogP contribution in [0.25, 0.3) is 0 Å². The lowest BCUT2D eigenvalue weighted by atomic mass is 10.0. The third-order valence-corrected chi connectivity index (χ3v) is 5.22. The number of esters is 1. The molecule has 1 saturated carbocycles. The Morgan fingerprint density at radius 3 is 2.74 bits per heavy atom. The Labute approximate surface area is 135 Å². The highest BCUT2D eigenvalue weighted by molar-refractivity contribution is 7.90. The molecule has 1 aliphatic rings. The van der Waals surface area contributed by atoms with Crippen LogP contribution in [-0.2, 0) is 19.6 Å². The van der Waals surface area contributed by atoms with Crippen molar-refractivity contribution in [3.8, 4) is 0 Å². The molecule has 0 bridgehead atoms. The van der Waals surface area contributed by atoms with Crippen LogP contribution in [0.2, 0.25) is 0 Å². The average Bonchev–Trinajstić information content (AvgIpc) is 3.16. The van der Waals surface area contributed by atoms with Gasteiger partial charge in [0.1, 0.15) is 5.56 Å². The molecule has 1 aliphatic carbocycles. The second-order valence-corrected chi connectivity index (χ2v) is 7.17. The maximum Gasteiger partial charge on any atom is 0.342 e. The van der Waals surface area contributed by atoms with Gasteiger partial charge < -0.3 is 4.74 Å². The van der Waals surface area contributed by atoms with E-state index in [4.69, 9.17) is 4.74 Å². The number of nitrogens with zero attached hydrogens (tertiary/aromatic N) is 1. The number of ether oxygens (including phenoxy) is 1. The molecule has 0 unspecified atom stereocenters. The van der Waals surface area contributed by atoms with E-state index in [1.54, 1.807) is 6.92 Å². The van der Waals surface area contributed by atoms with Gasteiger partial charge in [0.25, 0.3) is 10.0 Å². The zero-order valence-electron chi connectivity index (χ0n) is 13.0. The van der Waals surface area contributed by atoms with E-state index in [9.17, 15) is 18.0 Å². The van der Waals surface area contributed by atoms with E-state index in [0.717, 1.165) is 19.0 Å². The second-order valence-electron chi connectivity index (χ2n) is 5.55. The molecule has 0 saturated heterocycles. The van der Waals surface area contributed by atoms with Crippen LogP contribution in [0.1, 0.15) is 55.8 Å². The number of nitrogens with one attached hydrogen (secondary N) is 2. The van der Waals surface area contributed by atoms with Gasteiger partial charge in [0, 0.05) is 6.42 Å². The van der Waals surface area contributed by atoms with Crippen LogP contribution in [0.5, 0.6) is 0 Å². The van der Waals surface area contributed by atoms with Crippen molar-refractivity contribution in [2.45, 2.75) is 50.5 Å². The summed E-state index contributed by atoms with van der Waals surface area (Å²) in [6.45, 7) is 1.72. The quantitative estimate of drug-likeness (QED) is 0.722. The highest BCUT2D eigenvalue weighted by Gasteiger charge is 2.27. The fourth-order valence-corrected chi connectivity index (χ4v) is 3.82. The maximum absolute atomic E-state index is 12.2. The molecule has 1 aromatic heterocycles. The fourth-order valence-electron chi connectivity index (χ4n) is 2.72. The average molecular weight is 343 g/mol. The summed E-state index contributed by atoms with van der Waals surface area (Å²) in [5.41, 5.74) is -0.219. The van der Waals surface area contributed by atoms with Gasteiger partial charge in [-0.05, 0) is 19.3 Å². The molecule has 2 rings (SSSR count). The fraction of sp³-hybridized carbons (Fsp3) is 0.643. The number of rotatable bonds is 7. The van der Waals surface area contributed by atoms with Crippen LogP contribution in [0.15, 0.2) is 11.2 Å². The summed E-state index contributed by atoms with van der Waals surface area (Å²) in [6.07, 6.45) is 6.40. The predicted molar refractivity (Wildman–Crippen MR) is 81.1 cm³/mol. The molecule has 1 heterocycles. The summed E-state index contributed by atoms with van der Waals surface area (Å²) >= 11 is 0. The number of H-pyrrole nitrogens is 1. The molecule has 0 spiro atoms. The van der Waals surface area contributed by atoms with Crippen molar-refractivity contribution < 1.29 is 22.7 Å². The van der Waals surface area contributed by atoms with Gasteiger partial charge in [0.15, 0.2) is 5.03 Å². The lowest BCUT2D eigenvalue weighted by molar-refractivity contribution is -0.119. The number of hydrogen-bond acceptors (Lipinski definition) is 6. The Balaban J connectivity index is 1.99. The van der Waals surface area contributed by atoms with Gasteiger partial charge >= 0.3 is 5.97 Å². The molecule has 0 radical (unpaired) electrons. The van der Waals surface area contributed by atoms with Crippen molar-refractivity contribution in [2.75, 3.05) is 6.61 Å². The molecule has 128 valence electrons. The first-order valence-electron chi connectivity index (χ1n) is 7.70. The van der Waals surface area contributed by atoms with E-state index in [0.29, 0.717) is 12.3 Å². The number of carbonyl (C=O) groups is 2. The van der Waals surface area contributed by atoms with Crippen molar-refractivity contribution in [3.05, 3.63) is 11.8 Å². The number of aromatic nitrogens is 2. The van der Waals surface area contributed by atoms with Gasteiger partial charge in [-0.2, -0.15) is 13.5 Å². The van der Waals surface area contributed by atoms with Crippen molar-refractivity contribution >= 4 is 21.9 Å². The number of carbonyl (C=O) groups excluding carboxylic acids is 2. The van der Waals surface area contributed by atoms with Crippen LogP contribution >= 0.6 is 0 Å². The lowest BCUT2D eigenvalue weighted by Crippen LogP contribution is -2.32. The molecule has 1 amide bonds. The van der Waals surface area contributed by atoms with Crippen molar-refractivity contribution in [2.24, 2.45) is 5.92 Å². The van der Waals surface area contributed by atoms with Crippen molar-refractivity contribution in [3.63, 3.8) is 0 Å². The molecular formula is C14H21N3O5S. The molecule has 0 atom stereocenters. The third-order valence-electron chi connectivity index (χ3n) is 3.87. The Hall–Kier alpha value is -1.90. The highest BCUT2D eigenvalue weighted by atomic mass is 32.2. The molecule has 2 N–H and O–H groups in total. The topological polar surface area (TPSA) is 118 Å². The minimum Gasteiger partial charge on any atom is -0.462 e. The normalized spacial score (nSPS) is 15.5. The smallest absolute Gasteiger partial charge is 0.342 e. The Kier molecular flexibility index (Phi) is 5.75. The van der Waals surface area contributed by atoms with Crippen molar-refractivity contribution in [1.82, 2.24) is 14.9 Å². The van der Waals surface area contributed by atoms with Gasteiger partial charge in [0.2, 0.25) is 5.91 Å². The minimum atomic E-state index is -4.17. The second kappa shape index (κ2) is 7.58. The summed E-state index contributed by atoms with van der Waals surface area (Å²) in [7, 11) is -4.17. The van der Waals surface area contributed by atoms with Crippen LogP contribution in [-0.4, -0.2) is 37.1 Å². The monoisotopic (exact) mass is 343 g/mol. The van der Waals surface area contributed by atoms with Crippen LogP contribution in [0.3, 0.4) is 0 Å². The summed E-state index contributed by atoms with van der Waals surface area (Å²) in [6, 6.07) is 0. The van der Waals surface area contributed by atoms with Crippen LogP contribution < -0.4 is 4.72 Å². The summed E-state index contributed by atoms with van der Waals surface area (Å²) < 4.78 is 31.2. The molecule has 1 fully saturated rings. The Morgan fingerprint density at radius 2 is 2.09 bits per heavy atom. The Bertz CT molecular complexity index is 662. The Morgan fingerprint density at radius 1 is 1.39 bits per heavy atom. The first-order valence-corrected chi connectivity index (χ1v) is 9.18.